The Balaban J connectivity index is 0.00000220. The van der Waals surface area contributed by atoms with E-state index < -0.39 is 10.1 Å². The summed E-state index contributed by atoms with van der Waals surface area (Å²) in [6.45, 7) is 0. The van der Waals surface area contributed by atoms with E-state index in [0.29, 0.717) is 11.3 Å². The van der Waals surface area contributed by atoms with E-state index >= 15 is 0 Å². The summed E-state index contributed by atoms with van der Waals surface area (Å²) in [5.41, 5.74) is 1.21. The standard InChI is InChI=1S/C14H14O5S.Na.H2O.H/c1-18-11-8-9-12(20(15,16)17)14(19-2)13(11)10-6-4-3-5-7-10;;;/h3-9H,1-2H3,(H,15,16,17);;1H2;. The van der Waals surface area contributed by atoms with E-state index in [1.165, 1.54) is 26.4 Å². The number of hydrogen-bond donors (Lipinski definition) is 1. The Bertz CT molecular complexity index is 716. The zero-order valence-corrected chi connectivity index (χ0v) is 12.3. The fourth-order valence-electron chi connectivity index (χ4n) is 2.00. The quantitative estimate of drug-likeness (QED) is 0.666. The van der Waals surface area contributed by atoms with Gasteiger partial charge in [0.2, 0.25) is 0 Å². The van der Waals surface area contributed by atoms with Gasteiger partial charge in [-0.15, -0.1) is 0 Å². The first-order valence-electron chi connectivity index (χ1n) is 5.77. The van der Waals surface area contributed by atoms with E-state index in [1.807, 2.05) is 18.2 Å². The van der Waals surface area contributed by atoms with Crippen LogP contribution in [0.4, 0.5) is 0 Å². The average molecular weight is 336 g/mol. The molecule has 6 nitrogen and oxygen atoms in total. The molecule has 0 bridgehead atoms. The van der Waals surface area contributed by atoms with Crippen molar-refractivity contribution in [3.8, 4) is 22.6 Å². The van der Waals surface area contributed by atoms with Crippen LogP contribution in [0.25, 0.3) is 11.1 Å². The molecule has 0 amide bonds. The molecule has 0 saturated carbocycles. The van der Waals surface area contributed by atoms with Crippen molar-refractivity contribution in [3.05, 3.63) is 42.5 Å². The Hall–Kier alpha value is -1.09. The Labute approximate surface area is 151 Å². The van der Waals surface area contributed by atoms with Crippen molar-refractivity contribution in [3.63, 3.8) is 0 Å². The van der Waals surface area contributed by atoms with Gasteiger partial charge in [0, 0.05) is 0 Å². The van der Waals surface area contributed by atoms with Crippen LogP contribution in [0.5, 0.6) is 11.5 Å². The summed E-state index contributed by atoms with van der Waals surface area (Å²) < 4.78 is 42.6. The molecule has 0 spiro atoms. The molecule has 2 aromatic carbocycles. The second-order valence-corrected chi connectivity index (χ2v) is 5.41. The van der Waals surface area contributed by atoms with Crippen molar-refractivity contribution in [1.82, 2.24) is 0 Å². The summed E-state index contributed by atoms with van der Waals surface area (Å²) >= 11 is 0. The molecule has 8 heteroatoms. The van der Waals surface area contributed by atoms with E-state index in [2.05, 4.69) is 0 Å². The van der Waals surface area contributed by atoms with Crippen LogP contribution in [0.3, 0.4) is 0 Å². The van der Waals surface area contributed by atoms with Gasteiger partial charge < -0.3 is 14.9 Å². The van der Waals surface area contributed by atoms with E-state index in [-0.39, 0.29) is 45.7 Å². The molecule has 0 aromatic heterocycles. The third-order valence-electron chi connectivity index (χ3n) is 2.85. The normalized spacial score (nSPS) is 10.1. The first kappa shape index (κ1) is 20.9. The summed E-state index contributed by atoms with van der Waals surface area (Å²) in [6.07, 6.45) is 0. The average Bonchev–Trinajstić information content (AvgIpc) is 2.45. The monoisotopic (exact) mass is 336 g/mol. The van der Waals surface area contributed by atoms with Gasteiger partial charge in [0.15, 0.2) is 5.75 Å². The summed E-state index contributed by atoms with van der Waals surface area (Å²) in [5.74, 6) is 0.513. The molecule has 2 aromatic rings. The van der Waals surface area contributed by atoms with Crippen LogP contribution in [0.15, 0.2) is 47.4 Å². The number of ether oxygens (including phenoxy) is 2. The van der Waals surface area contributed by atoms with Gasteiger partial charge in [0.05, 0.1) is 19.8 Å². The first-order valence-corrected chi connectivity index (χ1v) is 7.21. The van der Waals surface area contributed by atoms with Gasteiger partial charge in [-0.25, -0.2) is 0 Å². The van der Waals surface area contributed by atoms with Gasteiger partial charge in [0.25, 0.3) is 10.1 Å². The van der Waals surface area contributed by atoms with Crippen LogP contribution < -0.4 is 9.47 Å². The van der Waals surface area contributed by atoms with E-state index in [1.54, 1.807) is 12.1 Å². The Morgan fingerprint density at radius 2 is 1.55 bits per heavy atom. The van der Waals surface area contributed by atoms with E-state index in [9.17, 15) is 13.0 Å². The number of methoxy groups -OCH3 is 2. The predicted octanol–water partition coefficient (Wildman–Crippen LogP) is 1.14. The summed E-state index contributed by atoms with van der Waals surface area (Å²) in [5, 5.41) is 0. The van der Waals surface area contributed by atoms with Crippen molar-refractivity contribution < 1.29 is 27.9 Å². The Morgan fingerprint density at radius 1 is 0.955 bits per heavy atom. The van der Waals surface area contributed by atoms with Gasteiger partial charge >= 0.3 is 29.6 Å². The third-order valence-corrected chi connectivity index (χ3v) is 3.73. The van der Waals surface area contributed by atoms with Crippen molar-refractivity contribution in [2.75, 3.05) is 14.2 Å². The molecule has 0 fully saturated rings. The summed E-state index contributed by atoms with van der Waals surface area (Å²) in [7, 11) is -1.56. The van der Waals surface area contributed by atoms with Crippen molar-refractivity contribution in [2.45, 2.75) is 4.90 Å². The molecule has 0 aliphatic carbocycles. The molecule has 116 valence electrons. The van der Waals surface area contributed by atoms with Gasteiger partial charge in [-0.3, -0.25) is 4.55 Å². The van der Waals surface area contributed by atoms with Crippen molar-refractivity contribution >= 4 is 39.7 Å². The van der Waals surface area contributed by atoms with Gasteiger partial charge in [-0.05, 0) is 17.7 Å². The van der Waals surface area contributed by atoms with Gasteiger partial charge in [-0.1, -0.05) is 30.3 Å². The predicted molar refractivity (Wildman–Crippen MR) is 85.6 cm³/mol. The zero-order valence-electron chi connectivity index (χ0n) is 11.5. The molecule has 22 heavy (non-hydrogen) atoms. The topological polar surface area (TPSA) is 104 Å². The summed E-state index contributed by atoms with van der Waals surface area (Å²) in [4.78, 5) is -0.292. The van der Waals surface area contributed by atoms with E-state index in [4.69, 9.17) is 9.47 Å². The van der Waals surface area contributed by atoms with Crippen LogP contribution in [-0.4, -0.2) is 62.2 Å². The fraction of sp³-hybridized carbons (Fsp3) is 0.143. The number of benzene rings is 2. The van der Waals surface area contributed by atoms with Crippen LogP contribution in [0.1, 0.15) is 0 Å². The van der Waals surface area contributed by atoms with Gasteiger partial charge in [-0.2, -0.15) is 8.42 Å². The number of rotatable bonds is 4. The van der Waals surface area contributed by atoms with Crippen molar-refractivity contribution in [2.24, 2.45) is 0 Å². The van der Waals surface area contributed by atoms with Gasteiger partial charge in [0.1, 0.15) is 10.6 Å². The maximum absolute atomic E-state index is 11.4. The molecule has 0 heterocycles. The van der Waals surface area contributed by atoms with Crippen LogP contribution >= 0.6 is 0 Å². The minimum atomic E-state index is -4.38. The van der Waals surface area contributed by atoms with Crippen LogP contribution in [-0.2, 0) is 10.1 Å². The zero-order chi connectivity index (χ0) is 14.8. The van der Waals surface area contributed by atoms with Crippen LogP contribution in [0, 0.1) is 0 Å². The second kappa shape index (κ2) is 8.52. The second-order valence-electron chi connectivity index (χ2n) is 4.02. The van der Waals surface area contributed by atoms with Crippen LogP contribution in [0.2, 0.25) is 0 Å². The molecule has 0 aliphatic heterocycles. The molecule has 2 rings (SSSR count). The molecule has 0 saturated heterocycles. The molecule has 0 atom stereocenters. The molecular formula is C14H17NaO6S. The fourth-order valence-corrected chi connectivity index (χ4v) is 2.66. The Morgan fingerprint density at radius 3 is 2.00 bits per heavy atom. The molecule has 0 radical (unpaired) electrons. The summed E-state index contributed by atoms with van der Waals surface area (Å²) in [6, 6.07) is 11.8. The maximum atomic E-state index is 11.4. The number of hydrogen-bond acceptors (Lipinski definition) is 4. The van der Waals surface area contributed by atoms with Crippen molar-refractivity contribution in [1.29, 1.82) is 0 Å². The third kappa shape index (κ3) is 4.22. The Kier molecular flexibility index (Phi) is 8.10. The van der Waals surface area contributed by atoms with E-state index in [0.717, 1.165) is 5.56 Å². The molecular weight excluding hydrogens is 319 g/mol. The first-order chi connectivity index (χ1) is 9.49. The molecule has 0 unspecified atom stereocenters. The minimum absolute atomic E-state index is 0. The molecule has 0 aliphatic rings. The molecule has 3 N–H and O–H groups in total. The SMILES string of the molecule is COc1ccc(S(=O)(=O)O)c(OC)c1-c1ccccc1.O.[NaH].